The first-order valence-corrected chi connectivity index (χ1v) is 7.22. The fourth-order valence-corrected chi connectivity index (χ4v) is 1.87. The first-order valence-electron chi connectivity index (χ1n) is 7.22. The summed E-state index contributed by atoms with van der Waals surface area (Å²) in [7, 11) is 1.65. The highest BCUT2D eigenvalue weighted by Gasteiger charge is 2.27. The van der Waals surface area contributed by atoms with E-state index in [2.05, 4.69) is 10.3 Å². The molecule has 21 heavy (non-hydrogen) atoms. The van der Waals surface area contributed by atoms with Gasteiger partial charge in [-0.2, -0.15) is 13.2 Å². The maximum atomic E-state index is 12.3. The molecule has 0 aliphatic heterocycles. The van der Waals surface area contributed by atoms with Gasteiger partial charge in [0.15, 0.2) is 0 Å². The van der Waals surface area contributed by atoms with Crippen LogP contribution in [0.2, 0.25) is 0 Å². The summed E-state index contributed by atoms with van der Waals surface area (Å²) in [4.78, 5) is 6.04. The molecule has 3 nitrogen and oxygen atoms in total. The summed E-state index contributed by atoms with van der Waals surface area (Å²) in [6.07, 6.45) is -4.98. The maximum Gasteiger partial charge on any atom is 0.390 e. The Balaban J connectivity index is 2.90. The molecule has 0 radical (unpaired) electrons. The molecule has 1 heterocycles. The molecule has 1 aromatic rings. The van der Waals surface area contributed by atoms with Crippen molar-refractivity contribution in [1.29, 1.82) is 0 Å². The van der Waals surface area contributed by atoms with E-state index in [4.69, 9.17) is 0 Å². The molecule has 0 bridgehead atoms. The Labute approximate surface area is 124 Å². The second kappa shape index (κ2) is 7.64. The highest BCUT2D eigenvalue weighted by molar-refractivity contribution is 5.42. The van der Waals surface area contributed by atoms with Gasteiger partial charge in [-0.1, -0.05) is 20.8 Å². The predicted molar refractivity (Wildman–Crippen MR) is 79.6 cm³/mol. The quantitative estimate of drug-likeness (QED) is 0.832. The number of aromatic nitrogens is 1. The van der Waals surface area contributed by atoms with E-state index in [9.17, 15) is 13.2 Å². The van der Waals surface area contributed by atoms with Gasteiger partial charge in [-0.15, -0.1) is 0 Å². The highest BCUT2D eigenvalue weighted by Crippen LogP contribution is 2.23. The number of pyridine rings is 1. The van der Waals surface area contributed by atoms with Gasteiger partial charge in [0.25, 0.3) is 0 Å². The van der Waals surface area contributed by atoms with Gasteiger partial charge < -0.3 is 10.2 Å². The number of hydrogen-bond acceptors (Lipinski definition) is 3. The van der Waals surface area contributed by atoms with Crippen LogP contribution in [0.15, 0.2) is 12.1 Å². The van der Waals surface area contributed by atoms with Crippen molar-refractivity contribution in [2.75, 3.05) is 25.0 Å². The van der Waals surface area contributed by atoms with Crippen molar-refractivity contribution in [2.24, 2.45) is 0 Å². The van der Waals surface area contributed by atoms with Gasteiger partial charge in [0.2, 0.25) is 0 Å². The number of halogens is 3. The fourth-order valence-electron chi connectivity index (χ4n) is 1.87. The van der Waals surface area contributed by atoms with Crippen molar-refractivity contribution in [3.8, 4) is 0 Å². The smallest absolute Gasteiger partial charge is 0.359 e. The van der Waals surface area contributed by atoms with E-state index in [0.29, 0.717) is 12.4 Å². The summed E-state index contributed by atoms with van der Waals surface area (Å²) in [5.41, 5.74) is 1.95. The maximum absolute atomic E-state index is 12.3. The fraction of sp³-hybridized carbons (Fsp3) is 0.667. The third kappa shape index (κ3) is 6.33. The van der Waals surface area contributed by atoms with Crippen LogP contribution in [0.4, 0.5) is 19.0 Å². The summed E-state index contributed by atoms with van der Waals surface area (Å²) < 4.78 is 37.0. The number of alkyl halides is 3. The third-order valence-electron chi connectivity index (χ3n) is 3.18. The van der Waals surface area contributed by atoms with Crippen LogP contribution in [0.1, 0.15) is 44.4 Å². The lowest BCUT2D eigenvalue weighted by atomic mass is 10.1. The van der Waals surface area contributed by atoms with Crippen molar-refractivity contribution in [2.45, 2.75) is 45.8 Å². The van der Waals surface area contributed by atoms with Crippen LogP contribution in [0.5, 0.6) is 0 Å². The molecular weight excluding hydrogens is 279 g/mol. The minimum absolute atomic E-state index is 0.0846. The van der Waals surface area contributed by atoms with E-state index in [1.165, 1.54) is 0 Å². The van der Waals surface area contributed by atoms with E-state index in [-0.39, 0.29) is 12.5 Å². The molecule has 0 fully saturated rings. The first-order chi connectivity index (χ1) is 9.73. The number of hydrogen-bond donors (Lipinski definition) is 1. The first kappa shape index (κ1) is 17.8. The second-order valence-corrected chi connectivity index (χ2v) is 5.48. The molecule has 0 atom stereocenters. The van der Waals surface area contributed by atoms with Crippen LogP contribution >= 0.6 is 0 Å². The van der Waals surface area contributed by atoms with Gasteiger partial charge in [0, 0.05) is 25.8 Å². The Kier molecular flexibility index (Phi) is 6.45. The average molecular weight is 303 g/mol. The molecule has 0 aliphatic carbocycles. The zero-order valence-electron chi connectivity index (χ0n) is 13.1. The van der Waals surface area contributed by atoms with Gasteiger partial charge in [-0.3, -0.25) is 0 Å². The summed E-state index contributed by atoms with van der Waals surface area (Å²) in [6, 6.07) is 3.86. The lowest BCUT2D eigenvalue weighted by molar-refractivity contribution is -0.132. The molecule has 1 N–H and O–H groups in total. The molecule has 0 unspecified atom stereocenters. The molecule has 0 spiro atoms. The summed E-state index contributed by atoms with van der Waals surface area (Å²) >= 11 is 0. The lowest BCUT2D eigenvalue weighted by Crippen LogP contribution is -2.25. The van der Waals surface area contributed by atoms with Gasteiger partial charge in [-0.05, 0) is 30.2 Å². The lowest BCUT2D eigenvalue weighted by Gasteiger charge is -2.21. The molecule has 120 valence electrons. The van der Waals surface area contributed by atoms with Crippen molar-refractivity contribution >= 4 is 5.82 Å². The third-order valence-corrected chi connectivity index (χ3v) is 3.18. The largest absolute Gasteiger partial charge is 0.390 e. The van der Waals surface area contributed by atoms with Gasteiger partial charge in [0.1, 0.15) is 5.82 Å². The zero-order valence-corrected chi connectivity index (χ0v) is 13.1. The Morgan fingerprint density at radius 3 is 2.48 bits per heavy atom. The standard InChI is InChI=1S/C15H24F3N3/c1-5-19-10-12-8-13(11(2)3)20-14(9-12)21(4)7-6-15(16,17)18/h8-9,11,19H,5-7,10H2,1-4H3. The molecule has 0 saturated carbocycles. The number of nitrogens with zero attached hydrogens (tertiary/aromatic N) is 2. The van der Waals surface area contributed by atoms with Gasteiger partial charge >= 0.3 is 6.18 Å². The number of rotatable bonds is 7. The number of anilines is 1. The van der Waals surface area contributed by atoms with Crippen molar-refractivity contribution in [3.05, 3.63) is 23.4 Å². The molecule has 0 aromatic carbocycles. The zero-order chi connectivity index (χ0) is 16.0. The van der Waals surface area contributed by atoms with E-state index in [1.54, 1.807) is 11.9 Å². The summed E-state index contributed by atoms with van der Waals surface area (Å²) in [5, 5.41) is 3.23. The monoisotopic (exact) mass is 303 g/mol. The molecule has 6 heteroatoms. The van der Waals surface area contributed by atoms with Gasteiger partial charge in [-0.25, -0.2) is 4.98 Å². The van der Waals surface area contributed by atoms with E-state index in [1.807, 2.05) is 32.9 Å². The minimum atomic E-state index is -4.14. The van der Waals surface area contributed by atoms with Crippen LogP contribution in [0, 0.1) is 0 Å². The van der Waals surface area contributed by atoms with Crippen LogP contribution in [-0.4, -0.2) is 31.3 Å². The molecule has 0 saturated heterocycles. The van der Waals surface area contributed by atoms with Crippen molar-refractivity contribution in [1.82, 2.24) is 10.3 Å². The Bertz CT molecular complexity index is 444. The number of nitrogens with one attached hydrogen (secondary N) is 1. The Morgan fingerprint density at radius 2 is 1.95 bits per heavy atom. The molecule has 1 rings (SSSR count). The Hall–Kier alpha value is -1.30. The van der Waals surface area contributed by atoms with Crippen LogP contribution < -0.4 is 10.2 Å². The van der Waals surface area contributed by atoms with Crippen LogP contribution in [0.3, 0.4) is 0 Å². The molecule has 1 aromatic heterocycles. The van der Waals surface area contributed by atoms with Crippen LogP contribution in [0.25, 0.3) is 0 Å². The average Bonchev–Trinajstić information content (AvgIpc) is 2.41. The SMILES string of the molecule is CCNCc1cc(C(C)C)nc(N(C)CCC(F)(F)F)c1. The van der Waals surface area contributed by atoms with Crippen LogP contribution in [-0.2, 0) is 6.54 Å². The van der Waals surface area contributed by atoms with E-state index >= 15 is 0 Å². The summed E-state index contributed by atoms with van der Waals surface area (Å²) in [6.45, 7) is 7.52. The molecule has 0 aliphatic rings. The normalized spacial score (nSPS) is 12.0. The second-order valence-electron chi connectivity index (χ2n) is 5.48. The topological polar surface area (TPSA) is 28.2 Å². The molecular formula is C15H24F3N3. The van der Waals surface area contributed by atoms with Crippen molar-refractivity contribution in [3.63, 3.8) is 0 Å². The summed E-state index contributed by atoms with van der Waals surface area (Å²) in [5.74, 6) is 0.833. The molecule has 0 amide bonds. The van der Waals surface area contributed by atoms with E-state index < -0.39 is 12.6 Å². The predicted octanol–water partition coefficient (Wildman–Crippen LogP) is 3.70. The van der Waals surface area contributed by atoms with Gasteiger partial charge in [0.05, 0.1) is 6.42 Å². The Morgan fingerprint density at radius 1 is 1.29 bits per heavy atom. The highest BCUT2D eigenvalue weighted by atomic mass is 19.4. The van der Waals surface area contributed by atoms with E-state index in [0.717, 1.165) is 17.8 Å². The minimum Gasteiger partial charge on any atom is -0.359 e. The van der Waals surface area contributed by atoms with Crippen molar-refractivity contribution < 1.29 is 13.2 Å².